The average Bonchev–Trinajstić information content (AvgIpc) is 3.32. The first-order valence-corrected chi connectivity index (χ1v) is 10.8. The summed E-state index contributed by atoms with van der Waals surface area (Å²) in [6.45, 7) is 4.95. The van der Waals surface area contributed by atoms with Gasteiger partial charge in [-0.05, 0) is 43.9 Å². The SMILES string of the molecule is CN=C(NCc1nccn1CCCc1ccccc1)NCC1(C)CCCS1.I. The molecular weight excluding hydrogens is 481 g/mol. The number of benzene rings is 1. The van der Waals surface area contributed by atoms with Gasteiger partial charge in [-0.15, -0.1) is 24.0 Å². The van der Waals surface area contributed by atoms with E-state index >= 15 is 0 Å². The first-order valence-electron chi connectivity index (χ1n) is 9.81. The number of aryl methyl sites for hydroxylation is 2. The predicted molar refractivity (Wildman–Crippen MR) is 131 cm³/mol. The largest absolute Gasteiger partial charge is 0.355 e. The number of nitrogens with zero attached hydrogens (tertiary/aromatic N) is 3. The molecule has 1 saturated heterocycles. The van der Waals surface area contributed by atoms with Crippen molar-refractivity contribution in [2.75, 3.05) is 19.3 Å². The number of thioether (sulfide) groups is 1. The van der Waals surface area contributed by atoms with Crippen LogP contribution >= 0.6 is 35.7 Å². The molecule has 1 aromatic carbocycles. The van der Waals surface area contributed by atoms with Crippen molar-refractivity contribution < 1.29 is 0 Å². The van der Waals surface area contributed by atoms with Crippen molar-refractivity contribution in [1.29, 1.82) is 0 Å². The van der Waals surface area contributed by atoms with Crippen LogP contribution in [0.5, 0.6) is 0 Å². The van der Waals surface area contributed by atoms with Gasteiger partial charge in [0.15, 0.2) is 5.96 Å². The van der Waals surface area contributed by atoms with E-state index in [1.54, 1.807) is 0 Å². The van der Waals surface area contributed by atoms with Crippen LogP contribution in [0.15, 0.2) is 47.7 Å². The van der Waals surface area contributed by atoms with Gasteiger partial charge in [0.1, 0.15) is 5.82 Å². The molecule has 1 aromatic heterocycles. The molecule has 0 aliphatic carbocycles. The predicted octanol–water partition coefficient (Wildman–Crippen LogP) is 4.08. The molecule has 0 saturated carbocycles. The van der Waals surface area contributed by atoms with Gasteiger partial charge in [-0.25, -0.2) is 4.98 Å². The molecule has 1 aliphatic heterocycles. The summed E-state index contributed by atoms with van der Waals surface area (Å²) in [4.78, 5) is 8.87. The number of imidazole rings is 1. The second-order valence-corrected chi connectivity index (χ2v) is 8.99. The third kappa shape index (κ3) is 6.99. The standard InChI is InChI=1S/C21H31N5S.HI/c1-21(11-7-15-27-21)17-25-20(22-2)24-16-19-23-12-14-26(19)13-6-10-18-8-4-3-5-9-18;/h3-5,8-9,12,14H,6-7,10-11,13,15-17H2,1-2H3,(H2,22,24,25);1H. The lowest BCUT2D eigenvalue weighted by atomic mass is 10.1. The highest BCUT2D eigenvalue weighted by Gasteiger charge is 2.29. The van der Waals surface area contributed by atoms with E-state index in [0.717, 1.165) is 37.7 Å². The third-order valence-electron chi connectivity index (χ3n) is 5.08. The molecule has 0 spiro atoms. The Morgan fingerprint density at radius 2 is 2.11 bits per heavy atom. The van der Waals surface area contributed by atoms with Gasteiger partial charge in [0.05, 0.1) is 6.54 Å². The normalized spacial score (nSPS) is 19.3. The van der Waals surface area contributed by atoms with E-state index in [1.807, 2.05) is 13.2 Å². The lowest BCUT2D eigenvalue weighted by molar-refractivity contribution is 0.577. The number of aromatic nitrogens is 2. The molecule has 0 amide bonds. The number of guanidine groups is 1. The zero-order valence-corrected chi connectivity index (χ0v) is 20.0. The van der Waals surface area contributed by atoms with Crippen LogP contribution in [0.4, 0.5) is 0 Å². The van der Waals surface area contributed by atoms with Crippen LogP contribution in [-0.2, 0) is 19.5 Å². The quantitative estimate of drug-likeness (QED) is 0.317. The first kappa shape index (κ1) is 23.1. The molecule has 1 aliphatic rings. The lowest BCUT2D eigenvalue weighted by Crippen LogP contribution is -2.43. The maximum atomic E-state index is 4.51. The van der Waals surface area contributed by atoms with Crippen LogP contribution in [-0.4, -0.2) is 39.6 Å². The molecule has 28 heavy (non-hydrogen) atoms. The van der Waals surface area contributed by atoms with Gasteiger partial charge in [0, 0.05) is 37.3 Å². The van der Waals surface area contributed by atoms with Gasteiger partial charge < -0.3 is 15.2 Å². The van der Waals surface area contributed by atoms with Gasteiger partial charge in [-0.1, -0.05) is 30.3 Å². The summed E-state index contributed by atoms with van der Waals surface area (Å²) >= 11 is 2.06. The van der Waals surface area contributed by atoms with E-state index in [9.17, 15) is 0 Å². The Hall–Kier alpha value is -1.22. The molecule has 2 heterocycles. The Morgan fingerprint density at radius 1 is 1.29 bits per heavy atom. The number of rotatable bonds is 8. The Kier molecular flexibility index (Phi) is 9.64. The Balaban J connectivity index is 0.00000280. The van der Waals surface area contributed by atoms with E-state index in [1.165, 1.54) is 24.2 Å². The molecule has 2 N–H and O–H groups in total. The van der Waals surface area contributed by atoms with Crippen molar-refractivity contribution in [3.63, 3.8) is 0 Å². The van der Waals surface area contributed by atoms with Crippen molar-refractivity contribution in [1.82, 2.24) is 20.2 Å². The summed E-state index contributed by atoms with van der Waals surface area (Å²) in [6, 6.07) is 10.6. The molecule has 1 fully saturated rings. The summed E-state index contributed by atoms with van der Waals surface area (Å²) in [5.41, 5.74) is 1.39. The van der Waals surface area contributed by atoms with Crippen molar-refractivity contribution in [3.8, 4) is 0 Å². The van der Waals surface area contributed by atoms with E-state index in [-0.39, 0.29) is 24.0 Å². The van der Waals surface area contributed by atoms with Crippen LogP contribution < -0.4 is 10.6 Å². The Labute approximate surface area is 190 Å². The first-order chi connectivity index (χ1) is 13.2. The van der Waals surface area contributed by atoms with Crippen LogP contribution in [0.3, 0.4) is 0 Å². The van der Waals surface area contributed by atoms with Crippen LogP contribution in [0.1, 0.15) is 37.6 Å². The maximum absolute atomic E-state index is 4.51. The Morgan fingerprint density at radius 3 is 2.82 bits per heavy atom. The van der Waals surface area contributed by atoms with Crippen molar-refractivity contribution in [2.45, 2.75) is 50.4 Å². The number of nitrogens with one attached hydrogen (secondary N) is 2. The average molecular weight is 513 g/mol. The second-order valence-electron chi connectivity index (χ2n) is 7.31. The fraction of sp³-hybridized carbons (Fsp3) is 0.524. The molecule has 154 valence electrons. The molecule has 0 radical (unpaired) electrons. The second kappa shape index (κ2) is 11.7. The minimum absolute atomic E-state index is 0. The third-order valence-corrected chi connectivity index (χ3v) is 6.61. The van der Waals surface area contributed by atoms with Gasteiger partial charge in [0.25, 0.3) is 0 Å². The van der Waals surface area contributed by atoms with Crippen LogP contribution in [0.25, 0.3) is 0 Å². The highest BCUT2D eigenvalue weighted by molar-refractivity contribution is 14.0. The molecule has 5 nitrogen and oxygen atoms in total. The fourth-order valence-electron chi connectivity index (χ4n) is 3.44. The van der Waals surface area contributed by atoms with Crippen molar-refractivity contribution in [3.05, 3.63) is 54.1 Å². The molecular formula is C21H32IN5S. The van der Waals surface area contributed by atoms with Gasteiger partial charge in [-0.3, -0.25) is 4.99 Å². The zero-order valence-electron chi connectivity index (χ0n) is 16.9. The topological polar surface area (TPSA) is 54.2 Å². The molecule has 7 heteroatoms. The van der Waals surface area contributed by atoms with Gasteiger partial charge >= 0.3 is 0 Å². The van der Waals surface area contributed by atoms with E-state index in [2.05, 4.69) is 80.4 Å². The van der Waals surface area contributed by atoms with Gasteiger partial charge in [0.2, 0.25) is 0 Å². The molecule has 0 bridgehead atoms. The highest BCUT2D eigenvalue weighted by Crippen LogP contribution is 2.36. The monoisotopic (exact) mass is 513 g/mol. The molecule has 2 aromatic rings. The zero-order chi connectivity index (χ0) is 19.0. The Bertz CT molecular complexity index is 725. The van der Waals surface area contributed by atoms with Crippen LogP contribution in [0, 0.1) is 0 Å². The fourth-order valence-corrected chi connectivity index (χ4v) is 4.68. The van der Waals surface area contributed by atoms with Crippen molar-refractivity contribution >= 4 is 41.7 Å². The summed E-state index contributed by atoms with van der Waals surface area (Å²) < 4.78 is 2.56. The van der Waals surface area contributed by atoms with E-state index in [4.69, 9.17) is 0 Å². The number of aliphatic imine (C=N–C) groups is 1. The van der Waals surface area contributed by atoms with Crippen molar-refractivity contribution in [2.24, 2.45) is 4.99 Å². The minimum atomic E-state index is 0. The summed E-state index contributed by atoms with van der Waals surface area (Å²) in [6.07, 6.45) is 8.73. The number of halogens is 1. The summed E-state index contributed by atoms with van der Waals surface area (Å²) in [7, 11) is 1.83. The van der Waals surface area contributed by atoms with E-state index in [0.29, 0.717) is 11.3 Å². The van der Waals surface area contributed by atoms with Crippen LogP contribution in [0.2, 0.25) is 0 Å². The molecule has 1 atom stereocenters. The number of hydrogen-bond donors (Lipinski definition) is 2. The minimum Gasteiger partial charge on any atom is -0.355 e. The van der Waals surface area contributed by atoms with Gasteiger partial charge in [-0.2, -0.15) is 11.8 Å². The summed E-state index contributed by atoms with van der Waals surface area (Å²) in [5.74, 6) is 3.17. The maximum Gasteiger partial charge on any atom is 0.191 e. The summed E-state index contributed by atoms with van der Waals surface area (Å²) in [5, 5.41) is 6.89. The lowest BCUT2D eigenvalue weighted by Gasteiger charge is -2.24. The molecule has 1 unspecified atom stereocenters. The number of hydrogen-bond acceptors (Lipinski definition) is 3. The van der Waals surface area contributed by atoms with E-state index < -0.39 is 0 Å². The molecule has 3 rings (SSSR count). The smallest absolute Gasteiger partial charge is 0.191 e. The highest BCUT2D eigenvalue weighted by atomic mass is 127.